The number of fused-ring (bicyclic) bond motifs is 3. The molecule has 3 N–H and O–H groups in total. The van der Waals surface area contributed by atoms with Crippen molar-refractivity contribution in [2.45, 2.75) is 31.7 Å². The Bertz CT molecular complexity index is 1240. The number of carbonyl (C=O) groups is 3. The van der Waals surface area contributed by atoms with Gasteiger partial charge < -0.3 is 14.7 Å². The first-order valence-corrected chi connectivity index (χ1v) is 11.6. The van der Waals surface area contributed by atoms with Crippen LogP contribution in [0.15, 0.2) is 54.6 Å². The van der Waals surface area contributed by atoms with Crippen LogP contribution >= 0.6 is 0 Å². The number of carbonyl (C=O) groups excluding carboxylic acids is 2. The number of H-pyrrole nitrogens is 1. The summed E-state index contributed by atoms with van der Waals surface area (Å²) in [4.78, 5) is 38.2. The van der Waals surface area contributed by atoms with Crippen LogP contribution in [0.4, 0.5) is 10.6 Å². The van der Waals surface area contributed by atoms with E-state index >= 15 is 0 Å². The number of amides is 2. The predicted molar refractivity (Wildman–Crippen MR) is 128 cm³/mol. The Hall–Kier alpha value is -4.14. The van der Waals surface area contributed by atoms with Crippen LogP contribution in [0.2, 0.25) is 0 Å². The number of aliphatic carboxylic acids is 1. The van der Waals surface area contributed by atoms with Crippen LogP contribution in [0.5, 0.6) is 0 Å². The molecule has 1 saturated heterocycles. The van der Waals surface area contributed by atoms with Gasteiger partial charge >= 0.3 is 12.1 Å². The van der Waals surface area contributed by atoms with Crippen LogP contribution in [0.1, 0.15) is 47.3 Å². The number of hydrogen-bond acceptors (Lipinski definition) is 5. The molecule has 0 spiro atoms. The fourth-order valence-corrected chi connectivity index (χ4v) is 5.09. The number of aromatic nitrogens is 2. The standard InChI is InChI=1S/C26H26N4O5/c1-15-12-16(25(32)33)10-11-30(15)24(31)22-13-23(29-28-22)27-26(34)35-14-21-19-8-4-2-6-17(19)18-7-3-5-9-20(18)21/h2-9,13,15-16,21H,10-12,14H2,1H3,(H,32,33)(H2,27,28,29,34)/t15-,16-/m1/s1. The van der Waals surface area contributed by atoms with Crippen molar-refractivity contribution < 1.29 is 24.2 Å². The number of ether oxygens (including phenoxy) is 1. The van der Waals surface area contributed by atoms with Crippen LogP contribution in [-0.4, -0.2) is 57.4 Å². The molecule has 1 aromatic heterocycles. The highest BCUT2D eigenvalue weighted by atomic mass is 16.5. The summed E-state index contributed by atoms with van der Waals surface area (Å²) in [6, 6.07) is 17.4. The third kappa shape index (κ3) is 4.37. The maximum atomic E-state index is 12.9. The average Bonchev–Trinajstić information content (AvgIpc) is 3.45. The summed E-state index contributed by atoms with van der Waals surface area (Å²) in [7, 11) is 0. The molecular formula is C26H26N4O5. The largest absolute Gasteiger partial charge is 0.481 e. The molecule has 3 aromatic rings. The number of nitrogens with one attached hydrogen (secondary N) is 2. The summed E-state index contributed by atoms with van der Waals surface area (Å²) in [6.45, 7) is 2.36. The van der Waals surface area contributed by atoms with E-state index in [0.717, 1.165) is 22.3 Å². The van der Waals surface area contributed by atoms with Crippen molar-refractivity contribution in [3.63, 3.8) is 0 Å². The summed E-state index contributed by atoms with van der Waals surface area (Å²) in [6.07, 6.45) is 0.151. The Morgan fingerprint density at radius 3 is 2.40 bits per heavy atom. The number of aromatic amines is 1. The summed E-state index contributed by atoms with van der Waals surface area (Å²) < 4.78 is 5.53. The van der Waals surface area contributed by atoms with E-state index in [1.54, 1.807) is 4.90 Å². The van der Waals surface area contributed by atoms with E-state index in [1.165, 1.54) is 6.07 Å². The minimum atomic E-state index is -0.833. The molecule has 0 bridgehead atoms. The first-order chi connectivity index (χ1) is 16.9. The minimum Gasteiger partial charge on any atom is -0.481 e. The first kappa shape index (κ1) is 22.6. The topological polar surface area (TPSA) is 125 Å². The summed E-state index contributed by atoms with van der Waals surface area (Å²) in [5.74, 6) is -1.44. The Labute approximate surface area is 202 Å². The number of likely N-dealkylation sites (tertiary alicyclic amines) is 1. The lowest BCUT2D eigenvalue weighted by Gasteiger charge is -2.35. The lowest BCUT2D eigenvalue weighted by atomic mass is 9.91. The number of carboxylic acid groups (broad SMARTS) is 1. The Morgan fingerprint density at radius 2 is 1.77 bits per heavy atom. The van der Waals surface area contributed by atoms with Crippen molar-refractivity contribution in [2.24, 2.45) is 5.92 Å². The molecule has 1 aliphatic heterocycles. The predicted octanol–water partition coefficient (Wildman–Crippen LogP) is 4.10. The van der Waals surface area contributed by atoms with Crippen LogP contribution in [0, 0.1) is 5.92 Å². The number of rotatable bonds is 5. The molecule has 2 aromatic carbocycles. The fraction of sp³-hybridized carbons (Fsp3) is 0.308. The van der Waals surface area contributed by atoms with E-state index in [0.29, 0.717) is 19.4 Å². The zero-order valence-electron chi connectivity index (χ0n) is 19.2. The molecule has 2 heterocycles. The van der Waals surface area contributed by atoms with Gasteiger partial charge in [0, 0.05) is 24.6 Å². The van der Waals surface area contributed by atoms with Crippen molar-refractivity contribution >= 4 is 23.8 Å². The number of hydrogen-bond donors (Lipinski definition) is 3. The van der Waals surface area contributed by atoms with Crippen LogP contribution < -0.4 is 5.32 Å². The van der Waals surface area contributed by atoms with Gasteiger partial charge in [0.25, 0.3) is 5.91 Å². The second kappa shape index (κ2) is 9.25. The van der Waals surface area contributed by atoms with Gasteiger partial charge in [-0.05, 0) is 42.0 Å². The van der Waals surface area contributed by atoms with Gasteiger partial charge in [-0.3, -0.25) is 20.0 Å². The third-order valence-electron chi connectivity index (χ3n) is 6.87. The van der Waals surface area contributed by atoms with Gasteiger partial charge in [-0.1, -0.05) is 48.5 Å². The van der Waals surface area contributed by atoms with Crippen molar-refractivity contribution in [2.75, 3.05) is 18.5 Å². The SMILES string of the molecule is C[C@@H]1C[C@H](C(=O)O)CCN1C(=O)c1cc(NC(=O)OCC2c3ccccc3-c3ccccc32)n[nH]1. The van der Waals surface area contributed by atoms with Crippen molar-refractivity contribution in [3.8, 4) is 11.1 Å². The molecule has 5 rings (SSSR count). The van der Waals surface area contributed by atoms with Gasteiger partial charge in [-0.25, -0.2) is 4.79 Å². The molecular weight excluding hydrogens is 448 g/mol. The monoisotopic (exact) mass is 474 g/mol. The molecule has 180 valence electrons. The zero-order chi connectivity index (χ0) is 24.5. The first-order valence-electron chi connectivity index (χ1n) is 11.6. The second-order valence-electron chi connectivity index (χ2n) is 9.02. The van der Waals surface area contributed by atoms with E-state index in [4.69, 9.17) is 4.74 Å². The van der Waals surface area contributed by atoms with E-state index < -0.39 is 18.0 Å². The summed E-state index contributed by atoms with van der Waals surface area (Å²) in [5.41, 5.74) is 4.76. The second-order valence-corrected chi connectivity index (χ2v) is 9.02. The van der Waals surface area contributed by atoms with Crippen molar-refractivity contribution in [1.82, 2.24) is 15.1 Å². The zero-order valence-corrected chi connectivity index (χ0v) is 19.2. The molecule has 0 unspecified atom stereocenters. The lowest BCUT2D eigenvalue weighted by molar-refractivity contribution is -0.143. The Morgan fingerprint density at radius 1 is 1.11 bits per heavy atom. The molecule has 2 amide bonds. The smallest absolute Gasteiger partial charge is 0.412 e. The minimum absolute atomic E-state index is 0.0558. The van der Waals surface area contributed by atoms with Gasteiger partial charge in [0.2, 0.25) is 0 Å². The molecule has 9 nitrogen and oxygen atoms in total. The van der Waals surface area contributed by atoms with E-state index in [2.05, 4.69) is 27.6 Å². The molecule has 2 atom stereocenters. The number of piperidine rings is 1. The highest BCUT2D eigenvalue weighted by Crippen LogP contribution is 2.44. The van der Waals surface area contributed by atoms with Crippen LogP contribution in [0.25, 0.3) is 11.1 Å². The molecule has 0 radical (unpaired) electrons. The van der Waals surface area contributed by atoms with Gasteiger partial charge in [0.1, 0.15) is 12.3 Å². The lowest BCUT2D eigenvalue weighted by Crippen LogP contribution is -2.46. The Kier molecular flexibility index (Phi) is 5.98. The van der Waals surface area contributed by atoms with Crippen LogP contribution in [0.3, 0.4) is 0 Å². The molecule has 2 aliphatic rings. The number of benzene rings is 2. The third-order valence-corrected chi connectivity index (χ3v) is 6.87. The summed E-state index contributed by atoms with van der Waals surface area (Å²) >= 11 is 0. The van der Waals surface area contributed by atoms with E-state index in [-0.39, 0.29) is 36.0 Å². The van der Waals surface area contributed by atoms with Gasteiger partial charge in [-0.2, -0.15) is 5.10 Å². The summed E-state index contributed by atoms with van der Waals surface area (Å²) in [5, 5.41) is 18.5. The quantitative estimate of drug-likeness (QED) is 0.511. The maximum Gasteiger partial charge on any atom is 0.412 e. The molecule has 1 aliphatic carbocycles. The fourth-order valence-electron chi connectivity index (χ4n) is 5.09. The molecule has 9 heteroatoms. The molecule has 1 fully saturated rings. The average molecular weight is 475 g/mol. The van der Waals surface area contributed by atoms with E-state index in [9.17, 15) is 19.5 Å². The normalized spacial score (nSPS) is 19.1. The number of anilines is 1. The number of nitrogens with zero attached hydrogens (tertiary/aromatic N) is 2. The molecule has 35 heavy (non-hydrogen) atoms. The Balaban J connectivity index is 1.20. The highest BCUT2D eigenvalue weighted by molar-refractivity contribution is 5.94. The van der Waals surface area contributed by atoms with Gasteiger partial charge in [0.05, 0.1) is 5.92 Å². The highest BCUT2D eigenvalue weighted by Gasteiger charge is 2.33. The maximum absolute atomic E-state index is 12.9. The van der Waals surface area contributed by atoms with E-state index in [1.807, 2.05) is 43.3 Å². The van der Waals surface area contributed by atoms with Crippen molar-refractivity contribution in [3.05, 3.63) is 71.4 Å². The molecule has 0 saturated carbocycles. The van der Waals surface area contributed by atoms with Crippen LogP contribution in [-0.2, 0) is 9.53 Å². The van der Waals surface area contributed by atoms with Gasteiger partial charge in [0.15, 0.2) is 5.82 Å². The number of carboxylic acids is 1. The van der Waals surface area contributed by atoms with Gasteiger partial charge in [-0.15, -0.1) is 0 Å². The van der Waals surface area contributed by atoms with Crippen molar-refractivity contribution in [1.29, 1.82) is 0 Å².